The summed E-state index contributed by atoms with van der Waals surface area (Å²) in [7, 11) is 0. The fourth-order valence-electron chi connectivity index (χ4n) is 1.41. The molecule has 0 atom stereocenters. The third kappa shape index (κ3) is 2.14. The molecule has 0 aliphatic carbocycles. The number of rotatable bonds is 0. The van der Waals surface area contributed by atoms with E-state index in [-0.39, 0.29) is 31.9 Å². The van der Waals surface area contributed by atoms with Crippen LogP contribution in [0.3, 0.4) is 0 Å². The summed E-state index contributed by atoms with van der Waals surface area (Å²) in [6.45, 7) is 11.0. The van der Waals surface area contributed by atoms with E-state index in [0.29, 0.717) is 0 Å². The summed E-state index contributed by atoms with van der Waals surface area (Å²) in [5.74, 6) is 0. The van der Waals surface area contributed by atoms with Gasteiger partial charge in [0.05, 0.1) is 12.4 Å². The van der Waals surface area contributed by atoms with Gasteiger partial charge in [0, 0.05) is 0 Å². The standard InChI is InChI=1S/C10H15.ClH2.Ru/c1-6-7(2)9(4)10(5)8(6)3;;/h1-5H3;1H2;/q-1;+1;+2. The van der Waals surface area contributed by atoms with Crippen molar-refractivity contribution < 1.29 is 31.9 Å². The summed E-state index contributed by atoms with van der Waals surface area (Å²) in [6.07, 6.45) is 0. The minimum Gasteiger partial charge on any atom is -0.196 e. The second-order valence-corrected chi connectivity index (χ2v) is 3.12. The molecule has 0 nitrogen and oxygen atoms in total. The Balaban J connectivity index is 0. The van der Waals surface area contributed by atoms with Gasteiger partial charge in [0.25, 0.3) is 0 Å². The summed E-state index contributed by atoms with van der Waals surface area (Å²) in [4.78, 5) is 0. The largest absolute Gasteiger partial charge is 2.00 e. The van der Waals surface area contributed by atoms with Crippen molar-refractivity contribution in [3.63, 3.8) is 0 Å². The zero-order chi connectivity index (χ0) is 7.89. The molecule has 0 unspecified atom stereocenters. The summed E-state index contributed by atoms with van der Waals surface area (Å²) in [5.41, 5.74) is 7.34. The van der Waals surface area contributed by atoms with Crippen LogP contribution in [-0.2, 0) is 19.5 Å². The van der Waals surface area contributed by atoms with Crippen molar-refractivity contribution in [2.24, 2.45) is 0 Å². The molecule has 0 aromatic heterocycles. The second-order valence-electron chi connectivity index (χ2n) is 3.12. The molecule has 0 aliphatic rings. The molecule has 0 bridgehead atoms. The van der Waals surface area contributed by atoms with Crippen molar-refractivity contribution in [3.05, 3.63) is 27.8 Å². The molecule has 0 radical (unpaired) electrons. The molecule has 70 valence electrons. The minimum atomic E-state index is 0. The first-order chi connectivity index (χ1) is 4.55. The Morgan fingerprint density at radius 2 is 1.08 bits per heavy atom. The molecule has 1 rings (SSSR count). The van der Waals surface area contributed by atoms with Gasteiger partial charge < -0.3 is 0 Å². The van der Waals surface area contributed by atoms with Gasteiger partial charge in [0.1, 0.15) is 0 Å². The fourth-order valence-corrected chi connectivity index (χ4v) is 1.41. The van der Waals surface area contributed by atoms with Crippen LogP contribution in [0.5, 0.6) is 0 Å². The van der Waals surface area contributed by atoms with E-state index in [1.165, 1.54) is 27.8 Å². The number of halogens is 1. The van der Waals surface area contributed by atoms with Crippen molar-refractivity contribution in [2.45, 2.75) is 34.6 Å². The molecule has 0 saturated heterocycles. The Hall–Kier alpha value is 0.263. The Morgan fingerprint density at radius 3 is 1.17 bits per heavy atom. The SMILES string of the molecule is Cc1c(C)c(C)[c-](C)c1C.[ClH2+].[Ru+2]. The fraction of sp³-hybridized carbons (Fsp3) is 0.500. The molecule has 0 spiro atoms. The molecule has 0 saturated carbocycles. The van der Waals surface area contributed by atoms with Gasteiger partial charge in [-0.25, -0.2) is 0 Å². The molecule has 0 heterocycles. The summed E-state index contributed by atoms with van der Waals surface area (Å²) < 4.78 is 0. The molecule has 0 amide bonds. The maximum atomic E-state index is 2.20. The van der Waals surface area contributed by atoms with Gasteiger partial charge in [-0.05, 0) is 0 Å². The third-order valence-corrected chi connectivity index (χ3v) is 2.81. The van der Waals surface area contributed by atoms with E-state index in [0.717, 1.165) is 0 Å². The van der Waals surface area contributed by atoms with Crippen LogP contribution in [0, 0.1) is 47.0 Å². The van der Waals surface area contributed by atoms with Crippen molar-refractivity contribution in [1.82, 2.24) is 0 Å². The molecule has 0 N–H and O–H groups in total. The monoisotopic (exact) mass is 274 g/mol. The third-order valence-electron chi connectivity index (χ3n) is 2.81. The van der Waals surface area contributed by atoms with Gasteiger partial charge >= 0.3 is 19.5 Å². The zero-order valence-corrected chi connectivity index (χ0v) is 10.9. The Labute approximate surface area is 94.3 Å². The van der Waals surface area contributed by atoms with Crippen molar-refractivity contribution in [1.29, 1.82) is 0 Å². The van der Waals surface area contributed by atoms with Crippen LogP contribution in [-0.4, -0.2) is 0 Å². The summed E-state index contributed by atoms with van der Waals surface area (Å²) in [5, 5.41) is 0. The van der Waals surface area contributed by atoms with Crippen molar-refractivity contribution >= 4 is 0 Å². The van der Waals surface area contributed by atoms with Crippen LogP contribution in [0.4, 0.5) is 0 Å². The normalized spacial score (nSPS) is 8.75. The van der Waals surface area contributed by atoms with Gasteiger partial charge in [-0.3, -0.25) is 0 Å². The van der Waals surface area contributed by atoms with E-state index < -0.39 is 0 Å². The number of hydrogen-bond donors (Lipinski definition) is 0. The average molecular weight is 274 g/mol. The second kappa shape index (κ2) is 5.09. The average Bonchev–Trinajstić information content (AvgIpc) is 2.07. The molecular weight excluding hydrogens is 257 g/mol. The predicted molar refractivity (Wildman–Crippen MR) is 48.5 cm³/mol. The first kappa shape index (κ1) is 14.8. The van der Waals surface area contributed by atoms with Gasteiger partial charge in [0.15, 0.2) is 0 Å². The van der Waals surface area contributed by atoms with Crippen LogP contribution in [0.1, 0.15) is 27.8 Å². The van der Waals surface area contributed by atoms with Crippen LogP contribution in [0.2, 0.25) is 0 Å². The molecule has 1 aromatic carbocycles. The van der Waals surface area contributed by atoms with E-state index in [2.05, 4.69) is 34.6 Å². The summed E-state index contributed by atoms with van der Waals surface area (Å²) in [6, 6.07) is 0. The topological polar surface area (TPSA) is 0 Å². The molecule has 0 fully saturated rings. The minimum absolute atomic E-state index is 0. The summed E-state index contributed by atoms with van der Waals surface area (Å²) >= 11 is 0. The van der Waals surface area contributed by atoms with E-state index >= 15 is 0 Å². The number of hydrogen-bond acceptors (Lipinski definition) is 0. The predicted octanol–water partition coefficient (Wildman–Crippen LogP) is 2.41. The van der Waals surface area contributed by atoms with Crippen LogP contribution < -0.4 is 0 Å². The van der Waals surface area contributed by atoms with E-state index in [1.54, 1.807) is 0 Å². The Kier molecular flexibility index (Phi) is 6.27. The molecule has 0 aliphatic heterocycles. The van der Waals surface area contributed by atoms with Gasteiger partial charge in [-0.15, -0.1) is 0 Å². The molecule has 2 heteroatoms. The van der Waals surface area contributed by atoms with E-state index in [1.807, 2.05) is 0 Å². The Morgan fingerprint density at radius 1 is 0.833 bits per heavy atom. The molecular formula is C10H17ClRu+2. The van der Waals surface area contributed by atoms with Gasteiger partial charge in [-0.2, -0.15) is 27.8 Å². The Bertz CT molecular complexity index is 181. The maximum absolute atomic E-state index is 2.20. The smallest absolute Gasteiger partial charge is 0.196 e. The van der Waals surface area contributed by atoms with Crippen molar-refractivity contribution in [3.8, 4) is 0 Å². The van der Waals surface area contributed by atoms with Crippen LogP contribution in [0.25, 0.3) is 0 Å². The van der Waals surface area contributed by atoms with Gasteiger partial charge in [-0.1, -0.05) is 34.6 Å². The molecule has 12 heavy (non-hydrogen) atoms. The quantitative estimate of drug-likeness (QED) is 0.503. The first-order valence-corrected chi connectivity index (χ1v) is 3.75. The first-order valence-electron chi connectivity index (χ1n) is 3.75. The molecule has 1 aromatic rings. The van der Waals surface area contributed by atoms with E-state index in [9.17, 15) is 0 Å². The maximum Gasteiger partial charge on any atom is 2.00 e. The van der Waals surface area contributed by atoms with Crippen LogP contribution in [0.15, 0.2) is 0 Å². The van der Waals surface area contributed by atoms with Crippen molar-refractivity contribution in [2.75, 3.05) is 0 Å². The van der Waals surface area contributed by atoms with Gasteiger partial charge in [0.2, 0.25) is 0 Å². The zero-order valence-electron chi connectivity index (χ0n) is 8.30. The van der Waals surface area contributed by atoms with Crippen LogP contribution >= 0.6 is 0 Å². The van der Waals surface area contributed by atoms with E-state index in [4.69, 9.17) is 0 Å².